The molecule has 0 unspecified atom stereocenters. The van der Waals surface area contributed by atoms with Gasteiger partial charge in [-0.2, -0.15) is 0 Å². The molecule has 2 aromatic rings. The predicted molar refractivity (Wildman–Crippen MR) is 163 cm³/mol. The fraction of sp³-hybridized carbons (Fsp3) is 0.485. The minimum atomic E-state index is -0.500. The van der Waals surface area contributed by atoms with Gasteiger partial charge in [-0.25, -0.2) is 4.39 Å². The summed E-state index contributed by atoms with van der Waals surface area (Å²) in [4.78, 5) is 12.2. The van der Waals surface area contributed by atoms with Crippen molar-refractivity contribution in [1.82, 2.24) is 0 Å². The average molecular weight is 538 g/mol. The summed E-state index contributed by atoms with van der Waals surface area (Å²) in [5.74, 6) is -0.0134. The minimum Gasteiger partial charge on any atom is -0.391 e. The van der Waals surface area contributed by atoms with Gasteiger partial charge in [-0.05, 0) is 118 Å². The lowest BCUT2D eigenvalue weighted by atomic mass is 9.75. The van der Waals surface area contributed by atoms with Gasteiger partial charge in [0.1, 0.15) is 11.6 Å². The van der Waals surface area contributed by atoms with Crippen LogP contribution in [0.3, 0.4) is 0 Å². The summed E-state index contributed by atoms with van der Waals surface area (Å²) >= 11 is 1.66. The molecule has 3 nitrogen and oxygen atoms in total. The Morgan fingerprint density at radius 3 is 2.29 bits per heavy atom. The van der Waals surface area contributed by atoms with Gasteiger partial charge in [0.2, 0.25) is 0 Å². The molecular weight excluding hydrogens is 493 g/mol. The molecule has 5 heteroatoms. The van der Waals surface area contributed by atoms with Gasteiger partial charge in [0.05, 0.1) is 17.3 Å². The van der Waals surface area contributed by atoms with E-state index in [0.29, 0.717) is 11.8 Å². The molecule has 0 fully saturated rings. The number of fused-ring (bicyclic) bond motifs is 3. The van der Waals surface area contributed by atoms with E-state index in [2.05, 4.69) is 63.2 Å². The Balaban J connectivity index is 0.000000651. The van der Waals surface area contributed by atoms with E-state index in [1.165, 1.54) is 16.7 Å². The van der Waals surface area contributed by atoms with Gasteiger partial charge < -0.3 is 9.41 Å². The summed E-state index contributed by atoms with van der Waals surface area (Å²) in [6.07, 6.45) is 16.1. The number of benzene rings is 2. The third kappa shape index (κ3) is 7.52. The summed E-state index contributed by atoms with van der Waals surface area (Å²) in [6, 6.07) is 7.48. The number of ketones is 1. The smallest absolute Gasteiger partial charge is 0.134 e. The van der Waals surface area contributed by atoms with Crippen LogP contribution in [0.25, 0.3) is 16.7 Å². The number of anilines is 1. The topological polar surface area (TPSA) is 40.5 Å². The average Bonchev–Trinajstić information content (AvgIpc) is 2.81. The van der Waals surface area contributed by atoms with Crippen LogP contribution in [0.2, 0.25) is 0 Å². The molecule has 1 N–H and O–H groups in total. The van der Waals surface area contributed by atoms with Crippen molar-refractivity contribution in [2.45, 2.75) is 92.7 Å². The van der Waals surface area contributed by atoms with Crippen LogP contribution in [0, 0.1) is 31.0 Å². The number of aliphatic hydroxyl groups is 1. The number of terminal acetylenes is 1. The van der Waals surface area contributed by atoms with E-state index in [1.807, 2.05) is 6.07 Å². The zero-order chi connectivity index (χ0) is 29.0. The Morgan fingerprint density at radius 1 is 1.18 bits per heavy atom. The van der Waals surface area contributed by atoms with Crippen molar-refractivity contribution in [2.24, 2.45) is 5.41 Å². The molecule has 2 aliphatic rings. The number of Topliss-reactive ketones (excluding diaryl/α,β-unsaturated/α-hetero) is 1. The second-order valence-corrected chi connectivity index (χ2v) is 12.7. The van der Waals surface area contributed by atoms with Crippen LogP contribution in [0.1, 0.15) is 96.0 Å². The van der Waals surface area contributed by atoms with Crippen LogP contribution in [0.4, 0.5) is 10.1 Å². The fourth-order valence-corrected chi connectivity index (χ4v) is 5.96. The predicted octanol–water partition coefficient (Wildman–Crippen LogP) is 8.71. The van der Waals surface area contributed by atoms with Gasteiger partial charge in [-0.15, -0.1) is 12.8 Å². The van der Waals surface area contributed by atoms with Crippen molar-refractivity contribution >= 4 is 29.0 Å². The molecule has 0 radical (unpaired) electrons. The minimum absolute atomic E-state index is 0.0534. The maximum atomic E-state index is 14.1. The van der Waals surface area contributed by atoms with E-state index in [9.17, 15) is 9.18 Å². The summed E-state index contributed by atoms with van der Waals surface area (Å²) in [7, 11) is 0. The largest absolute Gasteiger partial charge is 0.391 e. The highest BCUT2D eigenvalue weighted by atomic mass is 32.2. The van der Waals surface area contributed by atoms with Crippen LogP contribution in [-0.4, -0.2) is 22.7 Å². The molecule has 0 saturated heterocycles. The van der Waals surface area contributed by atoms with Crippen molar-refractivity contribution < 1.29 is 14.3 Å². The zero-order valence-electron chi connectivity index (χ0n) is 24.5. The van der Waals surface area contributed by atoms with Crippen LogP contribution < -0.4 is 4.31 Å². The number of allylic oxidation sites excluding steroid dienone is 2. The molecule has 2 aromatic carbocycles. The number of rotatable bonds is 4. The number of hydrogen-bond donors (Lipinski definition) is 1. The Kier molecular flexibility index (Phi) is 10.4. The van der Waals surface area contributed by atoms with Crippen molar-refractivity contribution in [2.75, 3.05) is 10.6 Å². The first-order valence-corrected chi connectivity index (χ1v) is 14.4. The monoisotopic (exact) mass is 537 g/mol. The van der Waals surface area contributed by atoms with Crippen LogP contribution in [0.15, 0.2) is 30.3 Å². The van der Waals surface area contributed by atoms with Crippen molar-refractivity contribution in [3.05, 3.63) is 58.4 Å². The van der Waals surface area contributed by atoms with Gasteiger partial charge in [0.25, 0.3) is 0 Å². The van der Waals surface area contributed by atoms with Crippen molar-refractivity contribution in [3.63, 3.8) is 0 Å². The third-order valence-electron chi connectivity index (χ3n) is 6.94. The molecule has 0 saturated carbocycles. The SMILES string of the molecule is C#C.CC(C)(C)O.CSN1c2c(cc(C3=CCC(C)(C)CC3)c(CC(C)=O)c2C)-c2ccc(F)cc2[C@H]1C. The van der Waals surface area contributed by atoms with Crippen LogP contribution in [0.5, 0.6) is 0 Å². The second kappa shape index (κ2) is 12.5. The molecule has 0 aromatic heterocycles. The molecule has 1 heterocycles. The Morgan fingerprint density at radius 2 is 1.79 bits per heavy atom. The van der Waals surface area contributed by atoms with Gasteiger partial charge in [-0.1, -0.05) is 37.9 Å². The van der Waals surface area contributed by atoms with E-state index in [1.54, 1.807) is 51.8 Å². The summed E-state index contributed by atoms with van der Waals surface area (Å²) in [6.45, 7) is 15.8. The van der Waals surface area contributed by atoms with Crippen LogP contribution >= 0.6 is 11.9 Å². The molecule has 4 rings (SSSR count). The van der Waals surface area contributed by atoms with E-state index in [4.69, 9.17) is 5.11 Å². The van der Waals surface area contributed by atoms with E-state index in [-0.39, 0.29) is 17.6 Å². The standard InChI is InChI=1S/C27H32FNOS.C4H10O.C2H2/c1-16(30)13-22-17(2)26-25(15-24(22)19-9-11-27(4,5)12-10-19)21-8-7-20(28)14-23(21)18(3)29(26)31-6;1-4(2,3)5;1-2/h7-9,14-15,18H,10-13H2,1-6H3;5H,1-3H3;1-2H/t18-;;/m1../s1. The second-order valence-electron chi connectivity index (χ2n) is 12.0. The number of halogens is 1. The van der Waals surface area contributed by atoms with Gasteiger partial charge >= 0.3 is 0 Å². The van der Waals surface area contributed by atoms with Crippen molar-refractivity contribution in [1.29, 1.82) is 0 Å². The molecule has 1 aliphatic carbocycles. The Hall–Kier alpha value is -2.55. The summed E-state index contributed by atoms with van der Waals surface area (Å²) < 4.78 is 16.4. The Labute approximate surface area is 234 Å². The van der Waals surface area contributed by atoms with Gasteiger partial charge in [-0.3, -0.25) is 4.79 Å². The maximum Gasteiger partial charge on any atom is 0.134 e. The highest BCUT2D eigenvalue weighted by molar-refractivity contribution is 8.00. The molecule has 1 atom stereocenters. The summed E-state index contributed by atoms with van der Waals surface area (Å²) in [5.41, 5.74) is 9.12. The lowest BCUT2D eigenvalue weighted by Gasteiger charge is -2.39. The highest BCUT2D eigenvalue weighted by Gasteiger charge is 2.33. The van der Waals surface area contributed by atoms with E-state index < -0.39 is 5.60 Å². The first-order valence-electron chi connectivity index (χ1n) is 13.2. The molecular formula is C33H44FNO2S. The molecule has 0 spiro atoms. The van der Waals surface area contributed by atoms with E-state index >= 15 is 0 Å². The van der Waals surface area contributed by atoms with Crippen LogP contribution in [-0.2, 0) is 11.2 Å². The Bertz CT molecular complexity index is 1210. The maximum absolute atomic E-state index is 14.1. The fourth-order valence-electron chi connectivity index (χ4n) is 5.11. The molecule has 206 valence electrons. The van der Waals surface area contributed by atoms with E-state index in [0.717, 1.165) is 47.2 Å². The number of hydrogen-bond acceptors (Lipinski definition) is 4. The quantitative estimate of drug-likeness (QED) is 0.313. The van der Waals surface area contributed by atoms with Crippen molar-refractivity contribution in [3.8, 4) is 24.0 Å². The summed E-state index contributed by atoms with van der Waals surface area (Å²) in [5, 5.41) is 8.52. The highest BCUT2D eigenvalue weighted by Crippen LogP contribution is 2.52. The molecule has 0 amide bonds. The lowest BCUT2D eigenvalue weighted by Crippen LogP contribution is -2.26. The molecule has 0 bridgehead atoms. The van der Waals surface area contributed by atoms with Gasteiger partial charge in [0.15, 0.2) is 0 Å². The number of nitrogens with zero attached hydrogens (tertiary/aromatic N) is 1. The zero-order valence-corrected chi connectivity index (χ0v) is 25.4. The number of carbonyl (C=O) groups is 1. The number of carbonyl (C=O) groups excluding carboxylic acids is 1. The lowest BCUT2D eigenvalue weighted by molar-refractivity contribution is -0.116. The molecule has 1 aliphatic heterocycles. The normalized spacial score (nSPS) is 17.6. The first kappa shape index (κ1) is 31.7. The third-order valence-corrected chi connectivity index (χ3v) is 7.84. The first-order chi connectivity index (χ1) is 17.6. The van der Waals surface area contributed by atoms with Gasteiger partial charge in [0, 0.05) is 18.2 Å². The molecule has 38 heavy (non-hydrogen) atoms.